The highest BCUT2D eigenvalue weighted by atomic mass is 16.5. The van der Waals surface area contributed by atoms with Gasteiger partial charge in [0.15, 0.2) is 0 Å². The molecule has 0 aliphatic carbocycles. The minimum absolute atomic E-state index is 0.00560. The van der Waals surface area contributed by atoms with Crippen LogP contribution in [0.3, 0.4) is 0 Å². The van der Waals surface area contributed by atoms with Crippen LogP contribution in [0.5, 0.6) is 5.75 Å². The van der Waals surface area contributed by atoms with E-state index >= 15 is 0 Å². The molecule has 1 aromatic rings. The van der Waals surface area contributed by atoms with E-state index in [0.29, 0.717) is 0 Å². The molecule has 1 heterocycles. The van der Waals surface area contributed by atoms with Crippen LogP contribution < -0.4 is 4.74 Å². The second-order valence-corrected chi connectivity index (χ2v) is 3.84. The average Bonchev–Trinajstić information content (AvgIpc) is 2.28. The summed E-state index contributed by atoms with van der Waals surface area (Å²) in [5.41, 5.74) is 1.11. The summed E-state index contributed by atoms with van der Waals surface area (Å²) in [6, 6.07) is 8.13. The molecule has 1 aliphatic heterocycles. The Hall–Kier alpha value is -0.980. The van der Waals surface area contributed by atoms with Crippen molar-refractivity contribution in [1.82, 2.24) is 0 Å². The fourth-order valence-electron chi connectivity index (χ4n) is 1.87. The maximum atomic E-state index is 6.06. The Morgan fingerprint density at radius 1 is 1.29 bits per heavy atom. The van der Waals surface area contributed by atoms with Gasteiger partial charge in [0, 0.05) is 12.0 Å². The summed E-state index contributed by atoms with van der Waals surface area (Å²) in [5, 5.41) is 0. The third-order valence-electron chi connectivity index (χ3n) is 3.10. The van der Waals surface area contributed by atoms with Crippen molar-refractivity contribution in [2.45, 2.75) is 38.7 Å². The lowest BCUT2D eigenvalue weighted by Crippen LogP contribution is -2.37. The van der Waals surface area contributed by atoms with Gasteiger partial charge in [-0.25, -0.2) is 0 Å². The third kappa shape index (κ3) is 1.52. The van der Waals surface area contributed by atoms with Crippen molar-refractivity contribution >= 4 is 0 Å². The molecule has 0 spiro atoms. The quantitative estimate of drug-likeness (QED) is 0.690. The van der Waals surface area contributed by atoms with E-state index in [1.807, 2.05) is 18.2 Å². The van der Waals surface area contributed by atoms with Gasteiger partial charge < -0.3 is 4.74 Å². The van der Waals surface area contributed by atoms with Gasteiger partial charge in [0.05, 0.1) is 0 Å². The van der Waals surface area contributed by atoms with E-state index in [-0.39, 0.29) is 5.60 Å². The van der Waals surface area contributed by atoms with Crippen molar-refractivity contribution in [3.63, 3.8) is 0 Å². The Bertz CT molecular complexity index is 313. The Morgan fingerprint density at radius 2 is 2.00 bits per heavy atom. The summed E-state index contributed by atoms with van der Waals surface area (Å²) in [5.74, 6) is 0.988. The lowest BCUT2D eigenvalue weighted by Gasteiger charge is -2.37. The van der Waals surface area contributed by atoms with Crippen LogP contribution in [0, 0.1) is 6.42 Å². The van der Waals surface area contributed by atoms with E-state index in [1.54, 1.807) is 0 Å². The van der Waals surface area contributed by atoms with Gasteiger partial charge in [-0.1, -0.05) is 32.0 Å². The molecule has 2 rings (SSSR count). The van der Waals surface area contributed by atoms with E-state index in [2.05, 4.69) is 26.3 Å². The van der Waals surface area contributed by atoms with Crippen LogP contribution in [0.2, 0.25) is 0 Å². The average molecular weight is 188 g/mol. The first kappa shape index (κ1) is 9.57. The second kappa shape index (κ2) is 3.64. The van der Waals surface area contributed by atoms with Crippen molar-refractivity contribution in [3.8, 4) is 5.75 Å². The van der Waals surface area contributed by atoms with Gasteiger partial charge in [0.25, 0.3) is 0 Å². The molecule has 74 valence electrons. The van der Waals surface area contributed by atoms with Crippen LogP contribution >= 0.6 is 0 Å². The largest absolute Gasteiger partial charge is 0.487 e. The van der Waals surface area contributed by atoms with Crippen LogP contribution in [0.15, 0.2) is 24.3 Å². The highest BCUT2D eigenvalue weighted by Gasteiger charge is 2.32. The zero-order valence-electron chi connectivity index (χ0n) is 8.84. The molecule has 1 aliphatic rings. The van der Waals surface area contributed by atoms with Gasteiger partial charge in [-0.15, -0.1) is 0 Å². The summed E-state index contributed by atoms with van der Waals surface area (Å²) >= 11 is 0. The molecule has 1 heteroatoms. The van der Waals surface area contributed by atoms with Gasteiger partial charge in [0.2, 0.25) is 0 Å². The lowest BCUT2D eigenvalue weighted by atomic mass is 9.87. The highest BCUT2D eigenvalue weighted by molar-refractivity contribution is 5.41. The third-order valence-corrected chi connectivity index (χ3v) is 3.10. The molecule has 14 heavy (non-hydrogen) atoms. The normalized spacial score (nSPS) is 18.4. The molecule has 0 N–H and O–H groups in total. The predicted octanol–water partition coefficient (Wildman–Crippen LogP) is 3.46. The van der Waals surface area contributed by atoms with E-state index in [0.717, 1.165) is 30.6 Å². The lowest BCUT2D eigenvalue weighted by molar-refractivity contribution is 0.0509. The van der Waals surface area contributed by atoms with Gasteiger partial charge in [-0.3, -0.25) is 0 Å². The SMILES string of the molecule is CCC1(CC)C[C]c2ccccc2O1. The van der Waals surface area contributed by atoms with Crippen molar-refractivity contribution in [1.29, 1.82) is 0 Å². The number of hydrogen-bond acceptors (Lipinski definition) is 1. The molecule has 0 amide bonds. The number of fused-ring (bicyclic) bond motifs is 1. The molecule has 2 radical (unpaired) electrons. The van der Waals surface area contributed by atoms with Crippen LogP contribution in [0.1, 0.15) is 38.7 Å². The smallest absolute Gasteiger partial charge is 0.123 e. The first-order valence-electron chi connectivity index (χ1n) is 5.31. The monoisotopic (exact) mass is 188 g/mol. The maximum Gasteiger partial charge on any atom is 0.123 e. The fourth-order valence-corrected chi connectivity index (χ4v) is 1.87. The van der Waals surface area contributed by atoms with E-state index in [4.69, 9.17) is 4.74 Å². The molecule has 1 aromatic carbocycles. The Labute approximate surface area is 86.1 Å². The van der Waals surface area contributed by atoms with E-state index < -0.39 is 0 Å². The Kier molecular flexibility index (Phi) is 2.49. The first-order chi connectivity index (χ1) is 6.79. The van der Waals surface area contributed by atoms with Crippen LogP contribution in [-0.4, -0.2) is 5.60 Å². The molecule has 0 bridgehead atoms. The molecular formula is C13H16O. The van der Waals surface area contributed by atoms with Gasteiger partial charge >= 0.3 is 0 Å². The summed E-state index contributed by atoms with van der Waals surface area (Å²) < 4.78 is 6.06. The van der Waals surface area contributed by atoms with Gasteiger partial charge in [-0.2, -0.15) is 0 Å². The van der Waals surface area contributed by atoms with Crippen molar-refractivity contribution in [2.75, 3.05) is 0 Å². The van der Waals surface area contributed by atoms with E-state index in [9.17, 15) is 0 Å². The van der Waals surface area contributed by atoms with Gasteiger partial charge in [-0.05, 0) is 25.3 Å². The highest BCUT2D eigenvalue weighted by Crippen LogP contribution is 2.37. The molecule has 0 unspecified atom stereocenters. The van der Waals surface area contributed by atoms with Crippen LogP contribution in [-0.2, 0) is 0 Å². The summed E-state index contributed by atoms with van der Waals surface area (Å²) in [6.45, 7) is 4.36. The number of ether oxygens (including phenoxy) is 1. The molecule has 0 saturated heterocycles. The summed E-state index contributed by atoms with van der Waals surface area (Å²) in [4.78, 5) is 0. The summed E-state index contributed by atoms with van der Waals surface area (Å²) in [6.07, 6.45) is 6.44. The minimum atomic E-state index is -0.00560. The molecule has 0 aromatic heterocycles. The number of para-hydroxylation sites is 1. The molecular weight excluding hydrogens is 172 g/mol. The second-order valence-electron chi connectivity index (χ2n) is 3.84. The van der Waals surface area contributed by atoms with Crippen LogP contribution in [0.25, 0.3) is 0 Å². The molecule has 1 nitrogen and oxygen atoms in total. The van der Waals surface area contributed by atoms with Gasteiger partial charge in [0.1, 0.15) is 11.4 Å². The van der Waals surface area contributed by atoms with Crippen LogP contribution in [0.4, 0.5) is 0 Å². The maximum absolute atomic E-state index is 6.06. The van der Waals surface area contributed by atoms with Crippen molar-refractivity contribution in [2.24, 2.45) is 0 Å². The number of hydrogen-bond donors (Lipinski definition) is 0. The predicted molar refractivity (Wildman–Crippen MR) is 57.3 cm³/mol. The topological polar surface area (TPSA) is 9.23 Å². The zero-order valence-corrected chi connectivity index (χ0v) is 8.84. The van der Waals surface area contributed by atoms with E-state index in [1.165, 1.54) is 0 Å². The zero-order chi connectivity index (χ0) is 10.0. The standard InChI is InChI=1S/C13H16O/c1-3-13(4-2)10-9-11-7-5-6-8-12(11)14-13/h5-8H,3-4,10H2,1-2H3. The molecule has 0 atom stereocenters. The van der Waals surface area contributed by atoms with Crippen molar-refractivity contribution in [3.05, 3.63) is 36.2 Å². The Morgan fingerprint density at radius 3 is 2.71 bits per heavy atom. The number of rotatable bonds is 2. The molecule has 0 saturated carbocycles. The number of benzene rings is 1. The Balaban J connectivity index is 2.28. The summed E-state index contributed by atoms with van der Waals surface area (Å²) in [7, 11) is 0. The fraction of sp³-hybridized carbons (Fsp3) is 0.462. The first-order valence-corrected chi connectivity index (χ1v) is 5.31. The molecule has 0 fully saturated rings. The van der Waals surface area contributed by atoms with Crippen molar-refractivity contribution < 1.29 is 4.74 Å². The minimum Gasteiger partial charge on any atom is -0.487 e.